The fraction of sp³-hybridized carbons (Fsp3) is 0.833. The monoisotopic (exact) mass is 278 g/mol. The van der Waals surface area contributed by atoms with Gasteiger partial charge >= 0.3 is 0 Å². The fourth-order valence-electron chi connectivity index (χ4n) is 2.12. The molecule has 0 amide bonds. The summed E-state index contributed by atoms with van der Waals surface area (Å²) in [4.78, 5) is 0. The molecule has 1 aliphatic rings. The Morgan fingerprint density at radius 2 is 2.18 bits per heavy atom. The number of hydrogen-bond donors (Lipinski definition) is 1. The predicted molar refractivity (Wildman–Crippen MR) is 76.3 cm³/mol. The summed E-state index contributed by atoms with van der Waals surface area (Å²) in [5, 5.41) is 10.1. The van der Waals surface area contributed by atoms with E-state index in [0.717, 1.165) is 5.57 Å². The van der Waals surface area contributed by atoms with E-state index >= 15 is 0 Å². The second kappa shape index (κ2) is 6.59. The van der Waals surface area contributed by atoms with Crippen LogP contribution in [0.15, 0.2) is 12.2 Å². The molecule has 0 aliphatic carbocycles. The van der Waals surface area contributed by atoms with Crippen LogP contribution in [-0.2, 0) is 9.47 Å². The van der Waals surface area contributed by atoms with Gasteiger partial charge in [0.15, 0.2) is 6.03 Å². The van der Waals surface area contributed by atoms with E-state index in [-0.39, 0.29) is 25.7 Å². The summed E-state index contributed by atoms with van der Waals surface area (Å²) in [6, 6.07) is -0.129. The zero-order chi connectivity index (χ0) is 13.2. The van der Waals surface area contributed by atoms with Gasteiger partial charge in [-0.3, -0.25) is 0 Å². The molecule has 1 aliphatic heterocycles. The van der Waals surface area contributed by atoms with Gasteiger partial charge in [-0.05, 0) is 21.2 Å². The molecule has 3 unspecified atom stereocenters. The molecule has 0 aromatic heterocycles. The zero-order valence-electron chi connectivity index (χ0n) is 11.1. The highest BCUT2D eigenvalue weighted by Crippen LogP contribution is 2.49. The molecule has 0 radical (unpaired) electrons. The van der Waals surface area contributed by atoms with E-state index < -0.39 is 6.10 Å². The number of aliphatic hydroxyl groups is 1. The molecule has 100 valence electrons. The Bertz CT molecular complexity index is 270. The highest BCUT2D eigenvalue weighted by Gasteiger charge is 2.36. The summed E-state index contributed by atoms with van der Waals surface area (Å²) < 4.78 is 11.6. The molecule has 5 heteroatoms. The van der Waals surface area contributed by atoms with E-state index in [1.54, 1.807) is 0 Å². The molecule has 0 aromatic carbocycles. The Labute approximate surface area is 108 Å². The van der Waals surface area contributed by atoms with Gasteiger partial charge in [-0.25, -0.2) is 0 Å². The van der Waals surface area contributed by atoms with Crippen LogP contribution in [-0.4, -0.2) is 36.6 Å². The lowest BCUT2D eigenvalue weighted by molar-refractivity contribution is -0.210. The Balaban J connectivity index is 2.69. The molecule has 3 nitrogen and oxygen atoms in total. The van der Waals surface area contributed by atoms with E-state index in [1.807, 2.05) is 13.8 Å². The van der Waals surface area contributed by atoms with E-state index in [4.69, 9.17) is 9.47 Å². The third kappa shape index (κ3) is 3.98. The summed E-state index contributed by atoms with van der Waals surface area (Å²) in [5.41, 5.74) is 0.793. The van der Waals surface area contributed by atoms with Crippen molar-refractivity contribution >= 4 is 16.5 Å². The van der Waals surface area contributed by atoms with Crippen molar-refractivity contribution in [3.8, 4) is 0 Å². The van der Waals surface area contributed by atoms with Crippen LogP contribution in [0.25, 0.3) is 0 Å². The van der Waals surface area contributed by atoms with Crippen molar-refractivity contribution < 1.29 is 14.6 Å². The number of aliphatic hydroxyl groups excluding tert-OH is 1. The van der Waals surface area contributed by atoms with Crippen molar-refractivity contribution in [2.45, 2.75) is 39.0 Å². The maximum absolute atomic E-state index is 10.1. The van der Waals surface area contributed by atoms with Gasteiger partial charge in [-0.1, -0.05) is 26.0 Å². The number of hydrogen-bond acceptors (Lipinski definition) is 3. The molecule has 1 heterocycles. The van der Waals surface area contributed by atoms with Gasteiger partial charge in [0.2, 0.25) is 0 Å². The lowest BCUT2D eigenvalue weighted by atomic mass is 9.87. The maximum Gasteiger partial charge on any atom is 0.179 e. The normalized spacial score (nSPS) is 35.1. The Kier molecular flexibility index (Phi) is 6.02. The van der Waals surface area contributed by atoms with Gasteiger partial charge in [0, 0.05) is 11.8 Å². The highest BCUT2D eigenvalue weighted by atomic mass is 32.0. The Morgan fingerprint density at radius 1 is 1.59 bits per heavy atom. The molecule has 17 heavy (non-hydrogen) atoms. The molecule has 0 bridgehead atoms. The summed E-state index contributed by atoms with van der Waals surface area (Å²) in [6.07, 6.45) is -0.472. The molecular formula is C12H24O3P2. The summed E-state index contributed by atoms with van der Waals surface area (Å²) in [6.45, 7) is 12.6. The average Bonchev–Trinajstić information content (AvgIpc) is 2.27. The van der Waals surface area contributed by atoms with Crippen molar-refractivity contribution in [2.75, 3.05) is 13.3 Å². The van der Waals surface area contributed by atoms with Gasteiger partial charge < -0.3 is 14.6 Å². The fourth-order valence-corrected chi connectivity index (χ4v) is 3.24. The van der Waals surface area contributed by atoms with Crippen molar-refractivity contribution in [3.63, 3.8) is 0 Å². The third-order valence-electron chi connectivity index (χ3n) is 3.19. The number of ether oxygens (including phenoxy) is 2. The minimum Gasteiger partial charge on any atom is -0.388 e. The quantitative estimate of drug-likeness (QED) is 0.635. The zero-order valence-corrected chi connectivity index (χ0v) is 13.1. The first kappa shape index (κ1) is 15.5. The van der Waals surface area contributed by atoms with Crippen molar-refractivity contribution in [1.29, 1.82) is 0 Å². The van der Waals surface area contributed by atoms with Crippen molar-refractivity contribution in [2.24, 2.45) is 11.8 Å². The van der Waals surface area contributed by atoms with Crippen LogP contribution in [0.5, 0.6) is 0 Å². The Hall–Kier alpha value is 0.480. The van der Waals surface area contributed by atoms with Crippen molar-refractivity contribution in [1.82, 2.24) is 0 Å². The summed E-state index contributed by atoms with van der Waals surface area (Å²) >= 11 is 0. The van der Waals surface area contributed by atoms with Crippen molar-refractivity contribution in [3.05, 3.63) is 12.2 Å². The molecule has 1 N–H and O–H groups in total. The minimum absolute atomic E-state index is 0.0333. The molecular weight excluding hydrogens is 254 g/mol. The topological polar surface area (TPSA) is 38.7 Å². The smallest absolute Gasteiger partial charge is 0.179 e. The maximum atomic E-state index is 10.1. The van der Waals surface area contributed by atoms with Crippen LogP contribution in [0, 0.1) is 11.8 Å². The largest absolute Gasteiger partial charge is 0.388 e. The SMILES string of the molecule is C=C(C)[C@@H](O)[C@H](C)[C@H]1OC(P(C)P)OC[C@@H]1C. The molecule has 0 spiro atoms. The highest BCUT2D eigenvalue weighted by molar-refractivity contribution is 8.13. The molecule has 1 rings (SSSR count). The average molecular weight is 278 g/mol. The lowest BCUT2D eigenvalue weighted by Crippen LogP contribution is -2.44. The van der Waals surface area contributed by atoms with Crippen LogP contribution in [0.1, 0.15) is 20.8 Å². The van der Waals surface area contributed by atoms with Crippen LogP contribution >= 0.6 is 16.5 Å². The lowest BCUT2D eigenvalue weighted by Gasteiger charge is -2.40. The van der Waals surface area contributed by atoms with Crippen LogP contribution in [0.3, 0.4) is 0 Å². The second-order valence-corrected chi connectivity index (χ2v) is 9.23. The number of rotatable bonds is 4. The third-order valence-corrected chi connectivity index (χ3v) is 4.86. The first-order chi connectivity index (χ1) is 7.84. The Morgan fingerprint density at radius 3 is 2.65 bits per heavy atom. The van der Waals surface area contributed by atoms with Gasteiger partial charge in [-0.2, -0.15) is 0 Å². The second-order valence-electron chi connectivity index (χ2n) is 5.03. The standard InChI is InChI=1S/C12H24O3P2/c1-7(2)10(13)9(4)11-8(3)6-14-12(15-11)17(5)16/h8-13H,1,6,16H2,2-5H3/t8-,9-,10+,11-,12?,17?/m0/s1. The van der Waals surface area contributed by atoms with E-state index in [0.29, 0.717) is 12.5 Å². The first-order valence-corrected chi connectivity index (χ1v) is 9.40. The van der Waals surface area contributed by atoms with Crippen LogP contribution < -0.4 is 0 Å². The minimum atomic E-state index is -0.506. The molecule has 0 saturated carbocycles. The van der Waals surface area contributed by atoms with E-state index in [9.17, 15) is 5.11 Å². The van der Waals surface area contributed by atoms with E-state index in [2.05, 4.69) is 29.1 Å². The van der Waals surface area contributed by atoms with Crippen LogP contribution in [0.4, 0.5) is 0 Å². The van der Waals surface area contributed by atoms with Gasteiger partial charge in [0.05, 0.1) is 18.8 Å². The van der Waals surface area contributed by atoms with Crippen LogP contribution in [0.2, 0.25) is 0 Å². The van der Waals surface area contributed by atoms with Gasteiger partial charge in [0.1, 0.15) is 0 Å². The summed E-state index contributed by atoms with van der Waals surface area (Å²) in [5.74, 6) is 0.351. The molecule has 1 fully saturated rings. The molecule has 1 saturated heterocycles. The van der Waals surface area contributed by atoms with Gasteiger partial charge in [0.25, 0.3) is 0 Å². The first-order valence-electron chi connectivity index (χ1n) is 5.92. The van der Waals surface area contributed by atoms with E-state index in [1.165, 1.54) is 0 Å². The molecule has 7 atom stereocenters. The molecule has 0 aromatic rings. The van der Waals surface area contributed by atoms with Gasteiger partial charge in [-0.15, -0.1) is 8.93 Å². The predicted octanol–water partition coefficient (Wildman–Crippen LogP) is 2.80. The summed E-state index contributed by atoms with van der Waals surface area (Å²) in [7, 11) is 2.41.